The number of piperazine rings is 1. The fraction of sp³-hybridized carbons (Fsp3) is 0.407. The SMILES string of the molecule is COCCOc1c(OC)cc2c(N)nc(N3CCN(C(=O)C[C@@H](N)c4ccc(C#N)cc4)CC3C)nc2c1F.Cl. The van der Waals surface area contributed by atoms with Gasteiger partial charge in [-0.15, -0.1) is 12.4 Å². The molecule has 1 saturated heterocycles. The predicted molar refractivity (Wildman–Crippen MR) is 151 cm³/mol. The summed E-state index contributed by atoms with van der Waals surface area (Å²) in [4.78, 5) is 25.6. The molecule has 214 valence electrons. The van der Waals surface area contributed by atoms with E-state index in [0.29, 0.717) is 30.6 Å². The van der Waals surface area contributed by atoms with E-state index in [1.165, 1.54) is 14.2 Å². The van der Waals surface area contributed by atoms with Crippen LogP contribution in [0, 0.1) is 17.1 Å². The highest BCUT2D eigenvalue weighted by Crippen LogP contribution is 2.38. The number of benzene rings is 2. The molecule has 0 aliphatic carbocycles. The van der Waals surface area contributed by atoms with Crippen LogP contribution >= 0.6 is 12.4 Å². The minimum Gasteiger partial charge on any atom is -0.493 e. The molecule has 1 unspecified atom stereocenters. The largest absolute Gasteiger partial charge is 0.493 e. The average molecular weight is 574 g/mol. The molecule has 4 N–H and O–H groups in total. The number of nitrogens with zero attached hydrogens (tertiary/aromatic N) is 5. The first-order valence-electron chi connectivity index (χ1n) is 12.5. The van der Waals surface area contributed by atoms with E-state index in [1.54, 1.807) is 35.2 Å². The second-order valence-corrected chi connectivity index (χ2v) is 9.29. The Morgan fingerprint density at radius 2 is 1.95 bits per heavy atom. The highest BCUT2D eigenvalue weighted by molar-refractivity contribution is 5.92. The lowest BCUT2D eigenvalue weighted by atomic mass is 10.0. The van der Waals surface area contributed by atoms with Crippen LogP contribution in [-0.2, 0) is 9.53 Å². The highest BCUT2D eigenvalue weighted by atomic mass is 35.5. The van der Waals surface area contributed by atoms with Gasteiger partial charge in [0, 0.05) is 50.6 Å². The van der Waals surface area contributed by atoms with E-state index in [0.717, 1.165) is 5.56 Å². The molecule has 2 heterocycles. The Morgan fingerprint density at radius 3 is 2.58 bits per heavy atom. The van der Waals surface area contributed by atoms with Crippen LogP contribution in [0.15, 0.2) is 30.3 Å². The Balaban J connectivity index is 0.00000441. The molecule has 40 heavy (non-hydrogen) atoms. The topological polar surface area (TPSA) is 153 Å². The molecule has 1 amide bonds. The second kappa shape index (κ2) is 13.4. The summed E-state index contributed by atoms with van der Waals surface area (Å²) in [5, 5.41) is 9.28. The van der Waals surface area contributed by atoms with Crippen molar-refractivity contribution in [3.63, 3.8) is 0 Å². The molecule has 2 atom stereocenters. The van der Waals surface area contributed by atoms with Gasteiger partial charge in [-0.3, -0.25) is 4.79 Å². The molecule has 0 bridgehead atoms. The van der Waals surface area contributed by atoms with Crippen LogP contribution in [0.1, 0.15) is 30.5 Å². The van der Waals surface area contributed by atoms with Crippen LogP contribution in [0.5, 0.6) is 11.5 Å². The van der Waals surface area contributed by atoms with E-state index in [9.17, 15) is 4.79 Å². The zero-order chi connectivity index (χ0) is 28.1. The number of aromatic nitrogens is 2. The Morgan fingerprint density at radius 1 is 1.23 bits per heavy atom. The number of ether oxygens (including phenoxy) is 3. The number of anilines is 2. The number of rotatable bonds is 9. The Kier molecular flexibility index (Phi) is 10.3. The summed E-state index contributed by atoms with van der Waals surface area (Å²) in [5.74, 6) is -0.301. The van der Waals surface area contributed by atoms with E-state index in [4.69, 9.17) is 30.9 Å². The monoisotopic (exact) mass is 573 g/mol. The number of halogens is 2. The minimum atomic E-state index is -0.700. The second-order valence-electron chi connectivity index (χ2n) is 9.29. The summed E-state index contributed by atoms with van der Waals surface area (Å²) < 4.78 is 31.4. The first-order chi connectivity index (χ1) is 18.8. The van der Waals surface area contributed by atoms with Gasteiger partial charge in [0.05, 0.1) is 25.3 Å². The lowest BCUT2D eigenvalue weighted by Gasteiger charge is -2.40. The van der Waals surface area contributed by atoms with Crippen molar-refractivity contribution in [2.24, 2.45) is 5.73 Å². The zero-order valence-electron chi connectivity index (χ0n) is 22.6. The van der Waals surface area contributed by atoms with Crippen molar-refractivity contribution >= 4 is 41.0 Å². The molecule has 0 saturated carbocycles. The van der Waals surface area contributed by atoms with Crippen LogP contribution in [0.4, 0.5) is 16.2 Å². The number of hydrogen-bond donors (Lipinski definition) is 2. The van der Waals surface area contributed by atoms with Crippen molar-refractivity contribution in [3.8, 4) is 17.6 Å². The third kappa shape index (κ3) is 6.44. The zero-order valence-corrected chi connectivity index (χ0v) is 23.4. The summed E-state index contributed by atoms with van der Waals surface area (Å²) in [7, 11) is 2.94. The smallest absolute Gasteiger partial charge is 0.228 e. The quantitative estimate of drug-likeness (QED) is 0.365. The van der Waals surface area contributed by atoms with Crippen LogP contribution in [0.3, 0.4) is 0 Å². The van der Waals surface area contributed by atoms with Gasteiger partial charge in [0.15, 0.2) is 17.3 Å². The predicted octanol–water partition coefficient (Wildman–Crippen LogP) is 2.81. The van der Waals surface area contributed by atoms with Gasteiger partial charge in [0.25, 0.3) is 0 Å². The molecule has 3 aromatic rings. The molecular formula is C27H33ClFN7O4. The summed E-state index contributed by atoms with van der Waals surface area (Å²) in [6.07, 6.45) is 0.136. The van der Waals surface area contributed by atoms with Crippen molar-refractivity contribution in [3.05, 3.63) is 47.3 Å². The molecule has 1 aliphatic heterocycles. The first kappa shape index (κ1) is 30.6. The average Bonchev–Trinajstić information content (AvgIpc) is 2.94. The Hall–Kier alpha value is -3.92. The number of nitrogen functional groups attached to an aromatic ring is 1. The molecule has 1 aromatic heterocycles. The van der Waals surface area contributed by atoms with Gasteiger partial charge < -0.3 is 35.5 Å². The number of carbonyl (C=O) groups is 1. The van der Waals surface area contributed by atoms with Crippen molar-refractivity contribution in [2.45, 2.75) is 25.4 Å². The van der Waals surface area contributed by atoms with Crippen molar-refractivity contribution in [2.75, 3.05) is 57.7 Å². The van der Waals surface area contributed by atoms with Gasteiger partial charge in [-0.05, 0) is 30.7 Å². The normalized spacial score (nSPS) is 15.8. The maximum absolute atomic E-state index is 15.5. The Labute approximate surface area is 238 Å². The minimum absolute atomic E-state index is 0. The fourth-order valence-electron chi connectivity index (χ4n) is 4.56. The molecule has 2 aromatic carbocycles. The lowest BCUT2D eigenvalue weighted by Crippen LogP contribution is -2.54. The number of nitriles is 1. The van der Waals surface area contributed by atoms with E-state index < -0.39 is 11.9 Å². The van der Waals surface area contributed by atoms with Crippen molar-refractivity contribution in [1.82, 2.24) is 14.9 Å². The number of nitrogens with two attached hydrogens (primary N) is 2. The first-order valence-corrected chi connectivity index (χ1v) is 12.5. The molecule has 1 fully saturated rings. The summed E-state index contributed by atoms with van der Waals surface area (Å²) in [6, 6.07) is 9.87. The van der Waals surface area contributed by atoms with E-state index in [1.807, 2.05) is 11.8 Å². The Bertz CT molecular complexity index is 1390. The molecular weight excluding hydrogens is 541 g/mol. The molecule has 11 nitrogen and oxygen atoms in total. The van der Waals surface area contributed by atoms with E-state index >= 15 is 4.39 Å². The van der Waals surface area contributed by atoms with Gasteiger partial charge in [0.2, 0.25) is 11.9 Å². The van der Waals surface area contributed by atoms with Crippen LogP contribution in [0.25, 0.3) is 10.9 Å². The summed E-state index contributed by atoms with van der Waals surface area (Å²) in [6.45, 7) is 3.60. The number of hydrogen-bond acceptors (Lipinski definition) is 10. The van der Waals surface area contributed by atoms with Gasteiger partial charge >= 0.3 is 0 Å². The van der Waals surface area contributed by atoms with Gasteiger partial charge in [-0.25, -0.2) is 9.37 Å². The maximum atomic E-state index is 15.5. The van der Waals surface area contributed by atoms with E-state index in [2.05, 4.69) is 16.0 Å². The molecule has 0 radical (unpaired) electrons. The standard InChI is InChI=1S/C27H32FN7O4.ClH/c1-16-15-34(22(36)13-20(30)18-6-4-17(14-29)5-7-18)8-9-35(16)27-32-24-19(26(31)33-27)12-21(38-3)25(23(24)28)39-11-10-37-2;/h4-7,12,16,20H,8-11,13,15,30H2,1-3H3,(H2,31,32,33);1H/t16?,20-;/m1./s1. The van der Waals surface area contributed by atoms with Gasteiger partial charge in [0.1, 0.15) is 17.9 Å². The third-order valence-electron chi connectivity index (χ3n) is 6.72. The van der Waals surface area contributed by atoms with Crippen LogP contribution in [0.2, 0.25) is 0 Å². The molecule has 13 heteroatoms. The number of carbonyl (C=O) groups excluding carboxylic acids is 1. The molecule has 1 aliphatic rings. The molecule has 4 rings (SSSR count). The number of amides is 1. The van der Waals surface area contributed by atoms with E-state index in [-0.39, 0.29) is 72.8 Å². The van der Waals surface area contributed by atoms with Crippen LogP contribution < -0.4 is 25.8 Å². The number of methoxy groups -OCH3 is 2. The third-order valence-corrected chi connectivity index (χ3v) is 6.72. The van der Waals surface area contributed by atoms with Crippen molar-refractivity contribution in [1.29, 1.82) is 5.26 Å². The van der Waals surface area contributed by atoms with Crippen molar-refractivity contribution < 1.29 is 23.4 Å². The molecule has 0 spiro atoms. The fourth-order valence-corrected chi connectivity index (χ4v) is 4.56. The number of fused-ring (bicyclic) bond motifs is 1. The van der Waals surface area contributed by atoms with Crippen LogP contribution in [-0.4, -0.2) is 73.9 Å². The lowest BCUT2D eigenvalue weighted by molar-refractivity contribution is -0.132. The van der Waals surface area contributed by atoms with Gasteiger partial charge in [-0.2, -0.15) is 10.2 Å². The van der Waals surface area contributed by atoms with Gasteiger partial charge in [-0.1, -0.05) is 12.1 Å². The highest BCUT2D eigenvalue weighted by Gasteiger charge is 2.30. The summed E-state index contributed by atoms with van der Waals surface area (Å²) in [5.41, 5.74) is 13.8. The maximum Gasteiger partial charge on any atom is 0.228 e. The summed E-state index contributed by atoms with van der Waals surface area (Å²) >= 11 is 0.